The van der Waals surface area contributed by atoms with Crippen LogP contribution in [0.15, 0.2) is 12.7 Å². The quantitative estimate of drug-likeness (QED) is 0.512. The van der Waals surface area contributed by atoms with Gasteiger partial charge in [-0.15, -0.1) is 0 Å². The van der Waals surface area contributed by atoms with E-state index >= 15 is 0 Å². The summed E-state index contributed by atoms with van der Waals surface area (Å²) in [6, 6.07) is -0.601. The molecule has 0 heterocycles. The van der Waals surface area contributed by atoms with Crippen molar-refractivity contribution in [1.82, 2.24) is 5.32 Å². The lowest BCUT2D eigenvalue weighted by Gasteiger charge is -2.18. The first-order valence-corrected chi connectivity index (χ1v) is 4.03. The van der Waals surface area contributed by atoms with Crippen molar-refractivity contribution in [2.75, 3.05) is 7.11 Å². The van der Waals surface area contributed by atoms with Gasteiger partial charge in [0.2, 0.25) is 5.91 Å². The molecule has 0 aliphatic carbocycles. The minimum absolute atomic E-state index is 0.00338. The third-order valence-electron chi connectivity index (χ3n) is 1.60. The maximum atomic E-state index is 11.1. The number of carbonyl (C=O) groups is 2. The summed E-state index contributed by atoms with van der Waals surface area (Å²) >= 11 is 0. The maximum Gasteiger partial charge on any atom is 0.328 e. The Morgan fingerprint density at radius 1 is 1.46 bits per heavy atom. The molecule has 4 heteroatoms. The zero-order valence-corrected chi connectivity index (χ0v) is 8.16. The first kappa shape index (κ1) is 11.7. The largest absolute Gasteiger partial charge is 0.467 e. The highest BCUT2D eigenvalue weighted by atomic mass is 16.5. The topological polar surface area (TPSA) is 55.4 Å². The molecule has 0 spiro atoms. The second-order valence-electron chi connectivity index (χ2n) is 2.96. The molecule has 0 rings (SSSR count). The Hall–Kier alpha value is -1.32. The van der Waals surface area contributed by atoms with Crippen molar-refractivity contribution in [2.24, 2.45) is 5.92 Å². The van der Waals surface area contributed by atoms with Gasteiger partial charge in [-0.3, -0.25) is 4.79 Å². The van der Waals surface area contributed by atoms with Crippen LogP contribution in [0.5, 0.6) is 0 Å². The zero-order chi connectivity index (χ0) is 10.4. The molecule has 0 bridgehead atoms. The normalized spacial score (nSPS) is 12.0. The number of hydrogen-bond donors (Lipinski definition) is 1. The van der Waals surface area contributed by atoms with Gasteiger partial charge in [-0.25, -0.2) is 4.79 Å². The summed E-state index contributed by atoms with van der Waals surface area (Å²) in [7, 11) is 1.29. The van der Waals surface area contributed by atoms with E-state index in [-0.39, 0.29) is 11.8 Å². The molecule has 4 nitrogen and oxygen atoms in total. The van der Waals surface area contributed by atoms with Gasteiger partial charge >= 0.3 is 5.97 Å². The van der Waals surface area contributed by atoms with Crippen molar-refractivity contribution in [2.45, 2.75) is 19.9 Å². The van der Waals surface area contributed by atoms with Crippen LogP contribution in [0.1, 0.15) is 13.8 Å². The van der Waals surface area contributed by atoms with Gasteiger partial charge in [0.15, 0.2) is 0 Å². The summed E-state index contributed by atoms with van der Waals surface area (Å²) in [5, 5.41) is 2.49. The van der Waals surface area contributed by atoms with Crippen molar-refractivity contribution in [3.63, 3.8) is 0 Å². The van der Waals surface area contributed by atoms with Gasteiger partial charge in [0.25, 0.3) is 0 Å². The minimum Gasteiger partial charge on any atom is -0.467 e. The van der Waals surface area contributed by atoms with Gasteiger partial charge in [0, 0.05) is 0 Å². The third kappa shape index (κ3) is 3.73. The van der Waals surface area contributed by atoms with Gasteiger partial charge in [-0.1, -0.05) is 20.4 Å². The van der Waals surface area contributed by atoms with Crippen LogP contribution in [-0.4, -0.2) is 25.0 Å². The van der Waals surface area contributed by atoms with E-state index in [1.807, 2.05) is 13.8 Å². The van der Waals surface area contributed by atoms with E-state index in [0.717, 1.165) is 6.08 Å². The molecule has 1 amide bonds. The molecule has 0 aliphatic rings. The van der Waals surface area contributed by atoms with E-state index in [1.165, 1.54) is 7.11 Å². The minimum atomic E-state index is -0.601. The van der Waals surface area contributed by atoms with E-state index in [0.29, 0.717) is 0 Å². The molecular formula is C9H15NO3. The summed E-state index contributed by atoms with van der Waals surface area (Å²) < 4.78 is 4.53. The molecule has 1 N–H and O–H groups in total. The lowest BCUT2D eigenvalue weighted by atomic mass is 10.0. The number of methoxy groups -OCH3 is 1. The lowest BCUT2D eigenvalue weighted by Crippen LogP contribution is -2.44. The number of hydrogen-bond acceptors (Lipinski definition) is 3. The monoisotopic (exact) mass is 185 g/mol. The van der Waals surface area contributed by atoms with Crippen LogP contribution >= 0.6 is 0 Å². The highest BCUT2D eigenvalue weighted by molar-refractivity contribution is 5.91. The molecule has 0 radical (unpaired) electrons. The molecule has 0 unspecified atom stereocenters. The van der Waals surface area contributed by atoms with Crippen molar-refractivity contribution < 1.29 is 14.3 Å². The SMILES string of the molecule is C=CC(=O)N[C@H](C(=O)OC)C(C)C. The van der Waals surface area contributed by atoms with Crippen molar-refractivity contribution in [3.8, 4) is 0 Å². The van der Waals surface area contributed by atoms with E-state index in [4.69, 9.17) is 0 Å². The number of esters is 1. The number of amides is 1. The number of rotatable bonds is 4. The highest BCUT2D eigenvalue weighted by Crippen LogP contribution is 2.03. The molecule has 0 fully saturated rings. The molecule has 1 atom stereocenters. The molecule has 0 saturated heterocycles. The molecular weight excluding hydrogens is 170 g/mol. The van der Waals surface area contributed by atoms with Crippen LogP contribution in [-0.2, 0) is 14.3 Å². The highest BCUT2D eigenvalue weighted by Gasteiger charge is 2.23. The Morgan fingerprint density at radius 2 is 2.00 bits per heavy atom. The van der Waals surface area contributed by atoms with Crippen LogP contribution in [0.25, 0.3) is 0 Å². The van der Waals surface area contributed by atoms with E-state index in [2.05, 4.69) is 16.6 Å². The molecule has 74 valence electrons. The van der Waals surface area contributed by atoms with Crippen LogP contribution in [0.4, 0.5) is 0 Å². The van der Waals surface area contributed by atoms with Gasteiger partial charge in [-0.05, 0) is 12.0 Å². The zero-order valence-electron chi connectivity index (χ0n) is 8.16. The smallest absolute Gasteiger partial charge is 0.328 e. The van der Waals surface area contributed by atoms with Gasteiger partial charge in [-0.2, -0.15) is 0 Å². The Labute approximate surface area is 78.0 Å². The summed E-state index contributed by atoms with van der Waals surface area (Å²) in [4.78, 5) is 22.0. The van der Waals surface area contributed by atoms with Crippen molar-refractivity contribution >= 4 is 11.9 Å². The number of ether oxygens (including phenoxy) is 1. The fourth-order valence-corrected chi connectivity index (χ4v) is 0.837. The third-order valence-corrected chi connectivity index (χ3v) is 1.60. The van der Waals surface area contributed by atoms with E-state index < -0.39 is 12.0 Å². The van der Waals surface area contributed by atoms with Crippen LogP contribution in [0, 0.1) is 5.92 Å². The van der Waals surface area contributed by atoms with Gasteiger partial charge in [0.1, 0.15) is 6.04 Å². The van der Waals surface area contributed by atoms with Gasteiger partial charge < -0.3 is 10.1 Å². The molecule has 13 heavy (non-hydrogen) atoms. The Bertz CT molecular complexity index is 211. The number of nitrogens with one attached hydrogen (secondary N) is 1. The Morgan fingerprint density at radius 3 is 2.31 bits per heavy atom. The van der Waals surface area contributed by atoms with E-state index in [9.17, 15) is 9.59 Å². The van der Waals surface area contributed by atoms with Crippen molar-refractivity contribution in [1.29, 1.82) is 0 Å². The lowest BCUT2D eigenvalue weighted by molar-refractivity contribution is -0.145. The Balaban J connectivity index is 4.34. The summed E-state index contributed by atoms with van der Waals surface area (Å²) in [5.74, 6) is -0.814. The first-order chi connectivity index (χ1) is 6.02. The second kappa shape index (κ2) is 5.35. The second-order valence-corrected chi connectivity index (χ2v) is 2.96. The molecule has 0 saturated carbocycles. The molecule has 0 aromatic heterocycles. The average molecular weight is 185 g/mol. The molecule has 0 aromatic rings. The van der Waals surface area contributed by atoms with Crippen LogP contribution in [0.2, 0.25) is 0 Å². The van der Waals surface area contributed by atoms with E-state index in [1.54, 1.807) is 0 Å². The Kier molecular flexibility index (Phi) is 4.80. The number of carbonyl (C=O) groups excluding carboxylic acids is 2. The summed E-state index contributed by atoms with van der Waals surface area (Å²) in [5.41, 5.74) is 0. The maximum absolute atomic E-state index is 11.1. The predicted octanol–water partition coefficient (Wildman–Crippen LogP) is 0.486. The fraction of sp³-hybridized carbons (Fsp3) is 0.556. The average Bonchev–Trinajstić information content (AvgIpc) is 2.11. The molecule has 0 aromatic carbocycles. The fourth-order valence-electron chi connectivity index (χ4n) is 0.837. The summed E-state index contributed by atoms with van der Waals surface area (Å²) in [6.07, 6.45) is 1.12. The van der Waals surface area contributed by atoms with Crippen LogP contribution < -0.4 is 5.32 Å². The van der Waals surface area contributed by atoms with Gasteiger partial charge in [0.05, 0.1) is 7.11 Å². The predicted molar refractivity (Wildman–Crippen MR) is 49.0 cm³/mol. The molecule has 0 aliphatic heterocycles. The first-order valence-electron chi connectivity index (χ1n) is 4.03. The van der Waals surface area contributed by atoms with Crippen molar-refractivity contribution in [3.05, 3.63) is 12.7 Å². The standard InChI is InChI=1S/C9H15NO3/c1-5-7(11)10-8(6(2)3)9(12)13-4/h5-6,8H,1H2,2-4H3,(H,10,11)/t8-/m0/s1. The summed E-state index contributed by atoms with van der Waals surface area (Å²) in [6.45, 7) is 6.94. The van der Waals surface area contributed by atoms with Crippen LogP contribution in [0.3, 0.4) is 0 Å².